The maximum absolute atomic E-state index is 6.02. The van der Waals surface area contributed by atoms with Crippen LogP contribution in [0.2, 0.25) is 0 Å². The molecule has 2 heterocycles. The van der Waals surface area contributed by atoms with Crippen LogP contribution in [0.1, 0.15) is 38.8 Å². The lowest BCUT2D eigenvalue weighted by atomic mass is 10.1. The van der Waals surface area contributed by atoms with Crippen LogP contribution in [0.3, 0.4) is 0 Å². The van der Waals surface area contributed by atoms with Gasteiger partial charge in [0.1, 0.15) is 5.82 Å². The average molecular weight is 360 g/mol. The fourth-order valence-electron chi connectivity index (χ4n) is 2.26. The van der Waals surface area contributed by atoms with Gasteiger partial charge in [0.2, 0.25) is 5.95 Å². The molecule has 0 aromatic carbocycles. The number of hydrogen-bond donors (Lipinski definition) is 1. The summed E-state index contributed by atoms with van der Waals surface area (Å²) in [5.41, 5.74) is 7.11. The third-order valence-corrected chi connectivity index (χ3v) is 4.35. The molecule has 1 aromatic heterocycles. The topological polar surface area (TPSA) is 55.0 Å². The third-order valence-electron chi connectivity index (χ3n) is 3.17. The molecule has 0 amide bonds. The Kier molecular flexibility index (Phi) is 4.64. The van der Waals surface area contributed by atoms with Crippen LogP contribution in [0.15, 0.2) is 0 Å². The van der Waals surface area contributed by atoms with Crippen LogP contribution >= 0.6 is 22.6 Å². The van der Waals surface area contributed by atoms with Gasteiger partial charge in [0, 0.05) is 13.1 Å². The van der Waals surface area contributed by atoms with E-state index in [1.807, 2.05) is 0 Å². The van der Waals surface area contributed by atoms with Crippen molar-refractivity contribution < 1.29 is 0 Å². The predicted molar refractivity (Wildman–Crippen MR) is 83.8 cm³/mol. The zero-order chi connectivity index (χ0) is 13.1. The van der Waals surface area contributed by atoms with E-state index < -0.39 is 0 Å². The molecule has 0 atom stereocenters. The molecule has 0 saturated carbocycles. The standard InChI is InChI=1S/C13H21IN4/c1-9(2)8-10-11(14)12(15)17-13(16-10)18-6-4-3-5-7-18/h9H,3-8H2,1-2H3,(H2,15,16,17). The summed E-state index contributed by atoms with van der Waals surface area (Å²) in [5.74, 6) is 2.03. The molecule has 2 N–H and O–H groups in total. The van der Waals surface area contributed by atoms with Crippen molar-refractivity contribution in [3.05, 3.63) is 9.26 Å². The molecule has 0 aliphatic carbocycles. The molecule has 1 fully saturated rings. The summed E-state index contributed by atoms with van der Waals surface area (Å²) in [4.78, 5) is 11.4. The normalized spacial score (nSPS) is 16.3. The van der Waals surface area contributed by atoms with Crippen molar-refractivity contribution in [3.63, 3.8) is 0 Å². The molecular weight excluding hydrogens is 339 g/mol. The van der Waals surface area contributed by atoms with Gasteiger partial charge in [0.25, 0.3) is 0 Å². The molecule has 1 saturated heterocycles. The average Bonchev–Trinajstić information content (AvgIpc) is 2.35. The van der Waals surface area contributed by atoms with Gasteiger partial charge in [-0.2, -0.15) is 4.98 Å². The highest BCUT2D eigenvalue weighted by Gasteiger charge is 2.17. The van der Waals surface area contributed by atoms with Gasteiger partial charge in [-0.1, -0.05) is 13.8 Å². The SMILES string of the molecule is CC(C)Cc1nc(N2CCCCC2)nc(N)c1I. The fraction of sp³-hybridized carbons (Fsp3) is 0.692. The maximum atomic E-state index is 6.02. The minimum atomic E-state index is 0.585. The Morgan fingerprint density at radius 2 is 1.89 bits per heavy atom. The highest BCUT2D eigenvalue weighted by molar-refractivity contribution is 14.1. The number of nitrogens with two attached hydrogens (primary N) is 1. The molecule has 4 nitrogen and oxygen atoms in total. The van der Waals surface area contributed by atoms with Gasteiger partial charge in [-0.05, 0) is 54.2 Å². The summed E-state index contributed by atoms with van der Waals surface area (Å²) in [5, 5.41) is 0. The molecule has 1 aromatic rings. The van der Waals surface area contributed by atoms with Crippen LogP contribution in [0, 0.1) is 9.49 Å². The van der Waals surface area contributed by atoms with Crippen molar-refractivity contribution in [2.45, 2.75) is 39.5 Å². The highest BCUT2D eigenvalue weighted by atomic mass is 127. The number of hydrogen-bond acceptors (Lipinski definition) is 4. The minimum Gasteiger partial charge on any atom is -0.383 e. The molecule has 100 valence electrons. The number of aromatic nitrogens is 2. The first-order valence-electron chi connectivity index (χ1n) is 6.64. The molecule has 0 bridgehead atoms. The molecule has 1 aliphatic heterocycles. The second kappa shape index (κ2) is 6.04. The molecule has 0 spiro atoms. The van der Waals surface area contributed by atoms with Gasteiger partial charge in [-0.25, -0.2) is 4.98 Å². The Balaban J connectivity index is 2.27. The number of anilines is 2. The zero-order valence-electron chi connectivity index (χ0n) is 11.1. The van der Waals surface area contributed by atoms with E-state index in [4.69, 9.17) is 10.7 Å². The van der Waals surface area contributed by atoms with E-state index in [2.05, 4.69) is 46.3 Å². The number of nitrogen functional groups attached to an aromatic ring is 1. The van der Waals surface area contributed by atoms with Gasteiger partial charge < -0.3 is 10.6 Å². The molecule has 18 heavy (non-hydrogen) atoms. The second-order valence-electron chi connectivity index (χ2n) is 5.32. The second-order valence-corrected chi connectivity index (χ2v) is 6.39. The Morgan fingerprint density at radius 1 is 1.22 bits per heavy atom. The first-order chi connectivity index (χ1) is 8.58. The minimum absolute atomic E-state index is 0.585. The monoisotopic (exact) mass is 360 g/mol. The van der Waals surface area contributed by atoms with E-state index in [9.17, 15) is 0 Å². The van der Waals surface area contributed by atoms with Gasteiger partial charge in [-0.3, -0.25) is 0 Å². The first kappa shape index (κ1) is 13.8. The van der Waals surface area contributed by atoms with Crippen molar-refractivity contribution in [1.29, 1.82) is 0 Å². The first-order valence-corrected chi connectivity index (χ1v) is 7.72. The summed E-state index contributed by atoms with van der Waals surface area (Å²) in [6, 6.07) is 0. The Morgan fingerprint density at radius 3 is 2.50 bits per heavy atom. The summed E-state index contributed by atoms with van der Waals surface area (Å²) in [6.45, 7) is 6.52. The highest BCUT2D eigenvalue weighted by Crippen LogP contribution is 2.24. The zero-order valence-corrected chi connectivity index (χ0v) is 13.3. The van der Waals surface area contributed by atoms with Crippen LogP contribution in [0.25, 0.3) is 0 Å². The van der Waals surface area contributed by atoms with Crippen LogP contribution in [-0.2, 0) is 6.42 Å². The molecule has 1 aliphatic rings. The largest absolute Gasteiger partial charge is 0.383 e. The Hall–Kier alpha value is -0.590. The Bertz CT molecular complexity index is 414. The molecular formula is C13H21IN4. The van der Waals surface area contributed by atoms with Gasteiger partial charge in [0.05, 0.1) is 9.26 Å². The number of halogens is 1. The smallest absolute Gasteiger partial charge is 0.227 e. The van der Waals surface area contributed by atoms with E-state index in [1.165, 1.54) is 19.3 Å². The maximum Gasteiger partial charge on any atom is 0.227 e. The molecule has 0 unspecified atom stereocenters. The van der Waals surface area contributed by atoms with E-state index in [0.29, 0.717) is 11.7 Å². The van der Waals surface area contributed by atoms with Crippen molar-refractivity contribution >= 4 is 34.4 Å². The Labute approximate surface area is 123 Å². The lowest BCUT2D eigenvalue weighted by Gasteiger charge is -2.27. The summed E-state index contributed by atoms with van der Waals surface area (Å²) >= 11 is 2.26. The van der Waals surface area contributed by atoms with E-state index in [1.54, 1.807) is 0 Å². The van der Waals surface area contributed by atoms with Crippen LogP contribution < -0.4 is 10.6 Å². The van der Waals surface area contributed by atoms with E-state index >= 15 is 0 Å². The van der Waals surface area contributed by atoms with Gasteiger partial charge >= 0.3 is 0 Å². The fourth-order valence-corrected chi connectivity index (χ4v) is 2.72. The van der Waals surface area contributed by atoms with E-state index in [0.717, 1.165) is 34.7 Å². The summed E-state index contributed by atoms with van der Waals surface area (Å²) < 4.78 is 1.02. The number of rotatable bonds is 3. The van der Waals surface area contributed by atoms with Crippen molar-refractivity contribution in [1.82, 2.24) is 9.97 Å². The van der Waals surface area contributed by atoms with Crippen LogP contribution in [0.4, 0.5) is 11.8 Å². The predicted octanol–water partition coefficient (Wildman–Crippen LogP) is 2.85. The molecule has 2 rings (SSSR count). The number of piperidine rings is 1. The van der Waals surface area contributed by atoms with Crippen LogP contribution in [0.5, 0.6) is 0 Å². The summed E-state index contributed by atoms with van der Waals surface area (Å²) in [6.07, 6.45) is 4.74. The number of nitrogens with zero attached hydrogens (tertiary/aromatic N) is 3. The van der Waals surface area contributed by atoms with Crippen molar-refractivity contribution in [3.8, 4) is 0 Å². The lowest BCUT2D eigenvalue weighted by Crippen LogP contribution is -2.31. The van der Waals surface area contributed by atoms with Gasteiger partial charge in [0.15, 0.2) is 0 Å². The van der Waals surface area contributed by atoms with Crippen LogP contribution in [-0.4, -0.2) is 23.1 Å². The van der Waals surface area contributed by atoms with Crippen molar-refractivity contribution in [2.24, 2.45) is 5.92 Å². The lowest BCUT2D eigenvalue weighted by molar-refractivity contribution is 0.564. The molecule has 5 heteroatoms. The van der Waals surface area contributed by atoms with E-state index in [-0.39, 0.29) is 0 Å². The quantitative estimate of drug-likeness (QED) is 0.843. The van der Waals surface area contributed by atoms with Crippen molar-refractivity contribution in [2.75, 3.05) is 23.7 Å². The van der Waals surface area contributed by atoms with Gasteiger partial charge in [-0.15, -0.1) is 0 Å². The third kappa shape index (κ3) is 3.24. The summed E-state index contributed by atoms with van der Waals surface area (Å²) in [7, 11) is 0. The molecule has 0 radical (unpaired) electrons.